The third-order valence-electron chi connectivity index (χ3n) is 1.91. The summed E-state index contributed by atoms with van der Waals surface area (Å²) in [5.74, 6) is 0.206. The molecule has 0 aliphatic heterocycles. The summed E-state index contributed by atoms with van der Waals surface area (Å²) in [6, 6.07) is 1.31. The fourth-order valence-corrected chi connectivity index (χ4v) is 1.12. The van der Waals surface area contributed by atoms with Crippen molar-refractivity contribution in [3.63, 3.8) is 0 Å². The monoisotopic (exact) mass is 249 g/mol. The van der Waals surface area contributed by atoms with Gasteiger partial charge in [-0.25, -0.2) is 0 Å². The van der Waals surface area contributed by atoms with Crippen LogP contribution in [0.3, 0.4) is 0 Å². The lowest BCUT2D eigenvalue weighted by atomic mass is 9.82. The lowest BCUT2D eigenvalue weighted by Gasteiger charge is -2.08. The highest BCUT2D eigenvalue weighted by atomic mass is 19.4. The number of nitrogens with zero attached hydrogens (tertiary/aromatic N) is 1. The summed E-state index contributed by atoms with van der Waals surface area (Å²) in [6.07, 6.45) is -2.74. The number of aromatic nitrogens is 1. The predicted molar refractivity (Wildman–Crippen MR) is 54.8 cm³/mol. The Morgan fingerprint density at radius 1 is 1.29 bits per heavy atom. The molecule has 0 unspecified atom stereocenters. The molecular formula is C9H11BF3NO3. The standard InChI is InChI=1S/C9H11BF3NO3/c11-9(12,13)2-1-3-17-8-4-7(10(15)16)5-14-6-8/h4-6,15-16H,1-3H2. The lowest BCUT2D eigenvalue weighted by molar-refractivity contribution is -0.136. The Morgan fingerprint density at radius 3 is 2.59 bits per heavy atom. The van der Waals surface area contributed by atoms with E-state index in [4.69, 9.17) is 14.8 Å². The molecule has 1 aromatic heterocycles. The third-order valence-corrected chi connectivity index (χ3v) is 1.91. The number of hydrogen-bond acceptors (Lipinski definition) is 4. The molecule has 17 heavy (non-hydrogen) atoms. The Balaban J connectivity index is 2.39. The molecule has 0 fully saturated rings. The Labute approximate surface area is 96.2 Å². The van der Waals surface area contributed by atoms with Crippen molar-refractivity contribution in [2.24, 2.45) is 0 Å². The highest BCUT2D eigenvalue weighted by Crippen LogP contribution is 2.21. The van der Waals surface area contributed by atoms with E-state index in [9.17, 15) is 13.2 Å². The van der Waals surface area contributed by atoms with E-state index < -0.39 is 19.7 Å². The van der Waals surface area contributed by atoms with E-state index in [1.54, 1.807) is 0 Å². The minimum Gasteiger partial charge on any atom is -0.492 e. The predicted octanol–water partition coefficient (Wildman–Crippen LogP) is 0.483. The van der Waals surface area contributed by atoms with Gasteiger partial charge < -0.3 is 14.8 Å². The van der Waals surface area contributed by atoms with E-state index in [-0.39, 0.29) is 24.2 Å². The van der Waals surface area contributed by atoms with Gasteiger partial charge in [0, 0.05) is 18.1 Å². The zero-order valence-corrected chi connectivity index (χ0v) is 8.81. The number of rotatable bonds is 5. The van der Waals surface area contributed by atoms with Crippen LogP contribution in [0.2, 0.25) is 0 Å². The molecule has 2 N–H and O–H groups in total. The summed E-state index contributed by atoms with van der Waals surface area (Å²) in [4.78, 5) is 3.67. The summed E-state index contributed by atoms with van der Waals surface area (Å²) in [5, 5.41) is 17.7. The average molecular weight is 249 g/mol. The summed E-state index contributed by atoms with van der Waals surface area (Å²) in [7, 11) is -1.68. The second kappa shape index (κ2) is 5.88. The van der Waals surface area contributed by atoms with Crippen LogP contribution in [0.1, 0.15) is 12.8 Å². The molecule has 4 nitrogen and oxygen atoms in total. The Kier molecular flexibility index (Phi) is 4.77. The summed E-state index contributed by atoms with van der Waals surface area (Å²) < 4.78 is 40.5. The Hall–Kier alpha value is -1.28. The van der Waals surface area contributed by atoms with Gasteiger partial charge in [-0.05, 0) is 12.5 Å². The van der Waals surface area contributed by atoms with Crippen molar-refractivity contribution in [1.82, 2.24) is 4.98 Å². The first-order chi connectivity index (χ1) is 7.88. The first-order valence-electron chi connectivity index (χ1n) is 4.89. The molecule has 0 aromatic carbocycles. The van der Waals surface area contributed by atoms with Gasteiger partial charge in [-0.15, -0.1) is 0 Å². The average Bonchev–Trinajstić information content (AvgIpc) is 2.23. The molecule has 1 heterocycles. The van der Waals surface area contributed by atoms with Crippen molar-refractivity contribution in [3.05, 3.63) is 18.5 Å². The van der Waals surface area contributed by atoms with Gasteiger partial charge in [-0.1, -0.05) is 0 Å². The molecule has 1 rings (SSSR count). The minimum atomic E-state index is -4.19. The number of halogens is 3. The van der Waals surface area contributed by atoms with Gasteiger partial charge in [0.25, 0.3) is 0 Å². The van der Waals surface area contributed by atoms with Gasteiger partial charge in [0.15, 0.2) is 0 Å². The zero-order valence-electron chi connectivity index (χ0n) is 8.81. The molecule has 0 radical (unpaired) electrons. The number of hydrogen-bond donors (Lipinski definition) is 2. The van der Waals surface area contributed by atoms with Gasteiger partial charge in [-0.2, -0.15) is 13.2 Å². The van der Waals surface area contributed by atoms with Gasteiger partial charge in [-0.3, -0.25) is 4.98 Å². The maximum absolute atomic E-state index is 11.8. The van der Waals surface area contributed by atoms with Crippen LogP contribution >= 0.6 is 0 Å². The maximum Gasteiger partial charge on any atom is 0.490 e. The second-order valence-electron chi connectivity index (χ2n) is 3.39. The van der Waals surface area contributed by atoms with Crippen molar-refractivity contribution in [2.45, 2.75) is 19.0 Å². The van der Waals surface area contributed by atoms with Gasteiger partial charge >= 0.3 is 13.3 Å². The van der Waals surface area contributed by atoms with Crippen LogP contribution in [0.25, 0.3) is 0 Å². The van der Waals surface area contributed by atoms with Crippen LogP contribution in [-0.4, -0.2) is 34.9 Å². The number of alkyl halides is 3. The highest BCUT2D eigenvalue weighted by Gasteiger charge is 2.26. The van der Waals surface area contributed by atoms with Gasteiger partial charge in [0.1, 0.15) is 5.75 Å². The quantitative estimate of drug-likeness (QED) is 0.588. The van der Waals surface area contributed by atoms with Crippen LogP contribution in [0.4, 0.5) is 13.2 Å². The molecule has 0 amide bonds. The van der Waals surface area contributed by atoms with Crippen LogP contribution < -0.4 is 10.2 Å². The first-order valence-corrected chi connectivity index (χ1v) is 4.89. The fourth-order valence-electron chi connectivity index (χ4n) is 1.12. The van der Waals surface area contributed by atoms with E-state index in [2.05, 4.69) is 4.98 Å². The van der Waals surface area contributed by atoms with Gasteiger partial charge in [0.2, 0.25) is 0 Å². The van der Waals surface area contributed by atoms with Crippen molar-refractivity contribution >= 4 is 12.6 Å². The van der Waals surface area contributed by atoms with Crippen LogP contribution in [0.5, 0.6) is 5.75 Å². The molecular weight excluding hydrogens is 238 g/mol. The maximum atomic E-state index is 11.8. The minimum absolute atomic E-state index is 0.105. The summed E-state index contributed by atoms with van der Waals surface area (Å²) >= 11 is 0. The molecule has 94 valence electrons. The van der Waals surface area contributed by atoms with E-state index in [1.165, 1.54) is 18.5 Å². The normalized spacial score (nSPS) is 11.4. The van der Waals surface area contributed by atoms with Crippen LogP contribution in [0.15, 0.2) is 18.5 Å². The first kappa shape index (κ1) is 13.8. The Bertz CT molecular complexity index is 360. The molecule has 0 saturated heterocycles. The van der Waals surface area contributed by atoms with Gasteiger partial charge in [0.05, 0.1) is 12.8 Å². The van der Waals surface area contributed by atoms with Crippen molar-refractivity contribution in [3.8, 4) is 5.75 Å². The molecule has 0 spiro atoms. The zero-order chi connectivity index (χ0) is 12.9. The molecule has 1 aromatic rings. The topological polar surface area (TPSA) is 62.6 Å². The largest absolute Gasteiger partial charge is 0.492 e. The second-order valence-corrected chi connectivity index (χ2v) is 3.39. The molecule has 0 saturated carbocycles. The van der Waals surface area contributed by atoms with Crippen molar-refractivity contribution < 1.29 is 28.0 Å². The van der Waals surface area contributed by atoms with E-state index >= 15 is 0 Å². The summed E-state index contributed by atoms with van der Waals surface area (Å²) in [5.41, 5.74) is 0.123. The van der Waals surface area contributed by atoms with Crippen LogP contribution in [-0.2, 0) is 0 Å². The smallest absolute Gasteiger partial charge is 0.490 e. The van der Waals surface area contributed by atoms with E-state index in [0.29, 0.717) is 0 Å². The van der Waals surface area contributed by atoms with Crippen LogP contribution in [0, 0.1) is 0 Å². The Morgan fingerprint density at radius 2 is 2.00 bits per heavy atom. The molecule has 0 aliphatic rings. The SMILES string of the molecule is OB(O)c1cncc(OCCCC(F)(F)F)c1. The fraction of sp³-hybridized carbons (Fsp3) is 0.444. The summed E-state index contributed by atoms with van der Waals surface area (Å²) in [6.45, 7) is -0.105. The molecule has 0 bridgehead atoms. The molecule has 8 heteroatoms. The lowest BCUT2D eigenvalue weighted by Crippen LogP contribution is -2.30. The van der Waals surface area contributed by atoms with Crippen molar-refractivity contribution in [2.75, 3.05) is 6.61 Å². The third kappa shape index (κ3) is 5.55. The highest BCUT2D eigenvalue weighted by molar-refractivity contribution is 6.58. The number of ether oxygens (including phenoxy) is 1. The number of pyridine rings is 1. The van der Waals surface area contributed by atoms with Crippen molar-refractivity contribution in [1.29, 1.82) is 0 Å². The molecule has 0 aliphatic carbocycles. The van der Waals surface area contributed by atoms with E-state index in [1.807, 2.05) is 0 Å². The van der Waals surface area contributed by atoms with E-state index in [0.717, 1.165) is 0 Å². The molecule has 0 atom stereocenters.